The Bertz CT molecular complexity index is 1090. The summed E-state index contributed by atoms with van der Waals surface area (Å²) in [6.45, 7) is 5.34. The van der Waals surface area contributed by atoms with Crippen molar-refractivity contribution >= 4 is 22.5 Å². The van der Waals surface area contributed by atoms with Gasteiger partial charge in [0.05, 0.1) is 11.3 Å². The van der Waals surface area contributed by atoms with Crippen molar-refractivity contribution in [3.63, 3.8) is 0 Å². The molecule has 0 saturated carbocycles. The van der Waals surface area contributed by atoms with Gasteiger partial charge in [0.25, 0.3) is 5.56 Å². The number of anilines is 1. The molecule has 0 saturated heterocycles. The van der Waals surface area contributed by atoms with Gasteiger partial charge in [-0.3, -0.25) is 9.59 Å². The largest absolute Gasteiger partial charge is 0.368 e. The molecule has 1 aliphatic rings. The maximum Gasteiger partial charge on any atom is 0.272 e. The molecule has 0 fully saturated rings. The van der Waals surface area contributed by atoms with Crippen molar-refractivity contribution in [1.29, 1.82) is 0 Å². The van der Waals surface area contributed by atoms with Crippen LogP contribution in [0.15, 0.2) is 53.3 Å². The monoisotopic (exact) mass is 376 g/mol. The predicted molar refractivity (Wildman–Crippen MR) is 111 cm³/mol. The van der Waals surface area contributed by atoms with Crippen LogP contribution in [0.3, 0.4) is 0 Å². The summed E-state index contributed by atoms with van der Waals surface area (Å²) in [4.78, 5) is 24.4. The van der Waals surface area contributed by atoms with Crippen molar-refractivity contribution in [3.05, 3.63) is 70.0 Å². The van der Waals surface area contributed by atoms with Gasteiger partial charge in [-0.15, -0.1) is 0 Å². The molecule has 3 aromatic rings. The first-order valence-electron chi connectivity index (χ1n) is 9.51. The summed E-state index contributed by atoms with van der Waals surface area (Å²) in [5.74, 6) is 0.687. The molecule has 1 unspecified atom stereocenters. The first-order valence-corrected chi connectivity index (χ1v) is 9.51. The summed E-state index contributed by atoms with van der Waals surface area (Å²) in [7, 11) is 0. The lowest BCUT2D eigenvalue weighted by molar-refractivity contribution is -0.123. The van der Waals surface area contributed by atoms with E-state index in [1.54, 1.807) is 6.07 Å². The molecular weight excluding hydrogens is 352 g/mol. The number of rotatable bonds is 6. The highest BCUT2D eigenvalue weighted by Gasteiger charge is 2.32. The first-order chi connectivity index (χ1) is 13.4. The van der Waals surface area contributed by atoms with Gasteiger partial charge >= 0.3 is 0 Å². The Balaban J connectivity index is 1.37. The van der Waals surface area contributed by atoms with Gasteiger partial charge in [0, 0.05) is 18.5 Å². The van der Waals surface area contributed by atoms with Gasteiger partial charge in [0.15, 0.2) is 5.82 Å². The SMILES string of the molecule is CC(C)(CNC(=O)C1Cc2ccccc21)CNc1n[nH]c(=O)c2ccccc12. The molecule has 0 aliphatic heterocycles. The first kappa shape index (κ1) is 18.2. The third kappa shape index (κ3) is 3.50. The fraction of sp³-hybridized carbons (Fsp3) is 0.318. The zero-order valence-electron chi connectivity index (χ0n) is 16.1. The van der Waals surface area contributed by atoms with Gasteiger partial charge < -0.3 is 10.6 Å². The molecule has 0 spiro atoms. The quantitative estimate of drug-likeness (QED) is 0.617. The molecule has 1 atom stereocenters. The third-order valence-corrected chi connectivity index (χ3v) is 5.34. The Kier molecular flexibility index (Phi) is 4.63. The minimum Gasteiger partial charge on any atom is -0.368 e. The van der Waals surface area contributed by atoms with Crippen molar-refractivity contribution in [2.45, 2.75) is 26.2 Å². The van der Waals surface area contributed by atoms with Crippen LogP contribution in [-0.2, 0) is 11.2 Å². The number of aromatic amines is 1. The Morgan fingerprint density at radius 2 is 1.82 bits per heavy atom. The number of nitrogens with one attached hydrogen (secondary N) is 3. The summed E-state index contributed by atoms with van der Waals surface area (Å²) in [6, 6.07) is 15.5. The van der Waals surface area contributed by atoms with E-state index in [2.05, 4.69) is 40.7 Å². The molecule has 6 nitrogen and oxygen atoms in total. The number of carbonyl (C=O) groups excluding carboxylic acids is 1. The van der Waals surface area contributed by atoms with Gasteiger partial charge in [-0.1, -0.05) is 56.3 Å². The molecular formula is C22H24N4O2. The van der Waals surface area contributed by atoms with Crippen LogP contribution in [0, 0.1) is 5.41 Å². The second-order valence-corrected chi connectivity index (χ2v) is 8.14. The minimum absolute atomic E-state index is 0.0373. The summed E-state index contributed by atoms with van der Waals surface area (Å²) in [6.07, 6.45) is 0.813. The summed E-state index contributed by atoms with van der Waals surface area (Å²) < 4.78 is 0. The maximum atomic E-state index is 12.5. The Morgan fingerprint density at radius 1 is 1.11 bits per heavy atom. The summed E-state index contributed by atoms with van der Waals surface area (Å²) >= 11 is 0. The zero-order valence-corrected chi connectivity index (χ0v) is 16.1. The van der Waals surface area contributed by atoms with Crippen molar-refractivity contribution in [1.82, 2.24) is 15.5 Å². The molecule has 6 heteroatoms. The van der Waals surface area contributed by atoms with Crippen LogP contribution >= 0.6 is 0 Å². The molecule has 4 rings (SSSR count). The van der Waals surface area contributed by atoms with E-state index >= 15 is 0 Å². The molecule has 1 heterocycles. The number of amides is 1. The van der Waals surface area contributed by atoms with Crippen molar-refractivity contribution in [3.8, 4) is 0 Å². The number of carbonyl (C=O) groups is 1. The molecule has 144 valence electrons. The summed E-state index contributed by atoms with van der Waals surface area (Å²) in [5.41, 5.74) is 2.02. The number of aromatic nitrogens is 2. The number of hydrogen-bond acceptors (Lipinski definition) is 4. The van der Waals surface area contributed by atoms with Crippen LogP contribution < -0.4 is 16.2 Å². The van der Waals surface area contributed by atoms with Crippen LogP contribution in [0.2, 0.25) is 0 Å². The molecule has 1 amide bonds. The van der Waals surface area contributed by atoms with Crippen LogP contribution in [0.1, 0.15) is 30.9 Å². The number of benzene rings is 2. The Labute approximate surface area is 163 Å². The number of H-pyrrole nitrogens is 1. The molecule has 0 bridgehead atoms. The highest BCUT2D eigenvalue weighted by Crippen LogP contribution is 2.34. The molecule has 1 aromatic heterocycles. The van der Waals surface area contributed by atoms with Gasteiger partial charge in [-0.05, 0) is 29.0 Å². The number of hydrogen-bond donors (Lipinski definition) is 3. The second-order valence-electron chi connectivity index (χ2n) is 8.14. The highest BCUT2D eigenvalue weighted by atomic mass is 16.2. The van der Waals surface area contributed by atoms with Gasteiger partial charge in [-0.25, -0.2) is 5.10 Å². The predicted octanol–water partition coefficient (Wildman–Crippen LogP) is 2.82. The summed E-state index contributed by atoms with van der Waals surface area (Å²) in [5, 5.41) is 14.5. The highest BCUT2D eigenvalue weighted by molar-refractivity contribution is 5.90. The van der Waals surface area contributed by atoms with E-state index in [0.29, 0.717) is 24.3 Å². The zero-order chi connectivity index (χ0) is 19.7. The number of nitrogens with zero attached hydrogens (tertiary/aromatic N) is 1. The molecule has 3 N–H and O–H groups in total. The van der Waals surface area contributed by atoms with Gasteiger partial charge in [0.2, 0.25) is 5.91 Å². The van der Waals surface area contributed by atoms with Crippen molar-refractivity contribution in [2.24, 2.45) is 5.41 Å². The van der Waals surface area contributed by atoms with Gasteiger partial charge in [0.1, 0.15) is 0 Å². The topological polar surface area (TPSA) is 86.9 Å². The van der Waals surface area contributed by atoms with Gasteiger partial charge in [-0.2, -0.15) is 5.10 Å². The maximum absolute atomic E-state index is 12.5. The minimum atomic E-state index is -0.201. The lowest BCUT2D eigenvalue weighted by Gasteiger charge is -2.31. The fourth-order valence-corrected chi connectivity index (χ4v) is 3.58. The second kappa shape index (κ2) is 7.11. The van der Waals surface area contributed by atoms with E-state index in [9.17, 15) is 9.59 Å². The Morgan fingerprint density at radius 3 is 2.61 bits per heavy atom. The number of fused-ring (bicyclic) bond motifs is 2. The van der Waals surface area contributed by atoms with Crippen LogP contribution in [0.4, 0.5) is 5.82 Å². The van der Waals surface area contributed by atoms with Crippen LogP contribution in [0.25, 0.3) is 10.8 Å². The van der Waals surface area contributed by atoms with E-state index in [-0.39, 0.29) is 22.8 Å². The van der Waals surface area contributed by atoms with Crippen LogP contribution in [-0.4, -0.2) is 29.2 Å². The molecule has 28 heavy (non-hydrogen) atoms. The fourth-order valence-electron chi connectivity index (χ4n) is 3.58. The molecule has 0 radical (unpaired) electrons. The molecule has 2 aromatic carbocycles. The van der Waals surface area contributed by atoms with Crippen molar-refractivity contribution < 1.29 is 4.79 Å². The molecule has 1 aliphatic carbocycles. The van der Waals surface area contributed by atoms with E-state index in [4.69, 9.17) is 0 Å². The van der Waals surface area contributed by atoms with Crippen LogP contribution in [0.5, 0.6) is 0 Å². The Hall–Kier alpha value is -3.15. The average Bonchev–Trinajstić information content (AvgIpc) is 2.67. The van der Waals surface area contributed by atoms with E-state index in [1.165, 1.54) is 5.56 Å². The van der Waals surface area contributed by atoms with E-state index in [1.807, 2.05) is 36.4 Å². The van der Waals surface area contributed by atoms with E-state index < -0.39 is 0 Å². The lowest BCUT2D eigenvalue weighted by atomic mass is 9.77. The van der Waals surface area contributed by atoms with E-state index in [0.717, 1.165) is 17.4 Å². The normalized spacial score (nSPS) is 15.6. The average molecular weight is 376 g/mol. The third-order valence-electron chi connectivity index (χ3n) is 5.34. The standard InChI is InChI=1S/C22H24N4O2/c1-22(2,13-24-20(27)18-11-14-7-3-4-8-15(14)18)12-23-19-16-9-5-6-10-17(16)21(28)26-25-19/h3-10,18H,11-13H2,1-2H3,(H,23,25)(H,24,27)(H,26,28). The van der Waals surface area contributed by atoms with Crippen molar-refractivity contribution in [2.75, 3.05) is 18.4 Å². The smallest absolute Gasteiger partial charge is 0.272 e. The lowest BCUT2D eigenvalue weighted by Crippen LogP contribution is -2.42.